The molecule has 0 spiro atoms. The largest absolute Gasteiger partial charge is 0.296 e. The van der Waals surface area contributed by atoms with Crippen molar-refractivity contribution >= 4 is 10.1 Å². The normalized spacial score (nSPS) is 24.8. The molecule has 6 rings (SSSR count). The monoisotopic (exact) mass is 404 g/mol. The van der Waals surface area contributed by atoms with Crippen LogP contribution in [0.2, 0.25) is 0 Å². The third-order valence-electron chi connectivity index (χ3n) is 6.59. The Hall–Kier alpha value is -2.43. The van der Waals surface area contributed by atoms with E-state index < -0.39 is 10.1 Å². The number of hydrogen-bond donors (Lipinski definition) is 0. The fourth-order valence-corrected chi connectivity index (χ4v) is 6.23. The first-order chi connectivity index (χ1) is 13.9. The molecule has 0 fully saturated rings. The molecule has 3 aliphatic carbocycles. The van der Waals surface area contributed by atoms with Gasteiger partial charge in [-0.2, -0.15) is 8.42 Å². The molecule has 0 saturated heterocycles. The van der Waals surface area contributed by atoms with Crippen LogP contribution in [0.4, 0.5) is 0 Å². The van der Waals surface area contributed by atoms with E-state index in [0.717, 1.165) is 12.0 Å². The third kappa shape index (κ3) is 2.93. The summed E-state index contributed by atoms with van der Waals surface area (Å²) in [4.78, 5) is 0.216. The number of aryl methyl sites for hydroxylation is 1. The van der Waals surface area contributed by atoms with E-state index in [1.54, 1.807) is 24.3 Å². The van der Waals surface area contributed by atoms with Crippen LogP contribution in [0.25, 0.3) is 0 Å². The van der Waals surface area contributed by atoms with Gasteiger partial charge in [-0.15, -0.1) is 0 Å². The molecule has 0 N–H and O–H groups in total. The van der Waals surface area contributed by atoms with Crippen molar-refractivity contribution < 1.29 is 12.6 Å². The van der Waals surface area contributed by atoms with Crippen LogP contribution < -0.4 is 0 Å². The molecule has 148 valence electrons. The topological polar surface area (TPSA) is 43.4 Å². The van der Waals surface area contributed by atoms with Crippen LogP contribution in [0.15, 0.2) is 77.7 Å². The van der Waals surface area contributed by atoms with Crippen molar-refractivity contribution in [3.8, 4) is 0 Å². The van der Waals surface area contributed by atoms with Gasteiger partial charge in [0.25, 0.3) is 10.1 Å². The van der Waals surface area contributed by atoms with E-state index in [0.29, 0.717) is 0 Å². The lowest BCUT2D eigenvalue weighted by Gasteiger charge is -2.51. The van der Waals surface area contributed by atoms with Gasteiger partial charge < -0.3 is 0 Å². The quantitative estimate of drug-likeness (QED) is 0.548. The van der Waals surface area contributed by atoms with E-state index in [9.17, 15) is 8.42 Å². The van der Waals surface area contributed by atoms with Crippen LogP contribution in [0.3, 0.4) is 0 Å². The maximum atomic E-state index is 12.8. The summed E-state index contributed by atoms with van der Waals surface area (Å²) in [5, 5.41) is 0. The van der Waals surface area contributed by atoms with Gasteiger partial charge in [-0.3, -0.25) is 4.18 Å². The maximum Gasteiger partial charge on any atom is 0.296 e. The summed E-state index contributed by atoms with van der Waals surface area (Å²) in [6.45, 7) is 4.28. The predicted molar refractivity (Wildman–Crippen MR) is 114 cm³/mol. The molecule has 4 heteroatoms. The number of benzene rings is 3. The van der Waals surface area contributed by atoms with E-state index in [-0.39, 0.29) is 28.8 Å². The predicted octanol–water partition coefficient (Wildman–Crippen LogP) is 5.39. The van der Waals surface area contributed by atoms with Crippen molar-refractivity contribution in [3.63, 3.8) is 0 Å². The van der Waals surface area contributed by atoms with Gasteiger partial charge in [0.05, 0.1) is 11.5 Å². The van der Waals surface area contributed by atoms with Crippen molar-refractivity contribution in [2.75, 3.05) is 6.61 Å². The molecule has 3 aliphatic rings. The minimum absolute atomic E-state index is 0.133. The highest BCUT2D eigenvalue weighted by atomic mass is 32.2. The molecule has 0 saturated carbocycles. The van der Waals surface area contributed by atoms with Crippen molar-refractivity contribution in [2.24, 2.45) is 5.41 Å². The zero-order valence-electron chi connectivity index (χ0n) is 16.6. The SMILES string of the molecule is Cc1ccc(S(=O)(=O)OCC2(C)CC3c4ccccc4C2c2ccccc23)cc1. The summed E-state index contributed by atoms with van der Waals surface area (Å²) in [6, 6.07) is 24.0. The Balaban J connectivity index is 1.51. The Bertz CT molecular complexity index is 1130. The zero-order valence-corrected chi connectivity index (χ0v) is 17.4. The van der Waals surface area contributed by atoms with Gasteiger partial charge >= 0.3 is 0 Å². The van der Waals surface area contributed by atoms with Gasteiger partial charge in [0, 0.05) is 17.3 Å². The second kappa shape index (κ2) is 6.54. The molecule has 0 amide bonds. The standard InChI is InChI=1S/C25H24O3S/c1-17-11-13-18(14-12-17)29(26,27)28-16-25(2)15-23-19-7-3-5-9-21(19)24(25)22-10-6-4-8-20(22)23/h3-14,23-24H,15-16H2,1-2H3. The van der Waals surface area contributed by atoms with Crippen molar-refractivity contribution in [2.45, 2.75) is 37.0 Å². The Morgan fingerprint density at radius 2 is 1.38 bits per heavy atom. The minimum atomic E-state index is -3.79. The fraction of sp³-hybridized carbons (Fsp3) is 0.280. The molecule has 3 aromatic rings. The smallest absolute Gasteiger partial charge is 0.266 e. The molecular weight excluding hydrogens is 380 g/mol. The van der Waals surface area contributed by atoms with Gasteiger partial charge in [0.2, 0.25) is 0 Å². The van der Waals surface area contributed by atoms with Crippen LogP contribution in [0.1, 0.15) is 53.0 Å². The molecule has 3 aromatic carbocycles. The average molecular weight is 405 g/mol. The van der Waals surface area contributed by atoms with Crippen LogP contribution >= 0.6 is 0 Å². The molecule has 0 aromatic heterocycles. The highest BCUT2D eigenvalue weighted by Gasteiger charge is 2.50. The summed E-state index contributed by atoms with van der Waals surface area (Å²) in [5.41, 5.74) is 6.09. The minimum Gasteiger partial charge on any atom is -0.266 e. The highest BCUT2D eigenvalue weighted by Crippen LogP contribution is 2.61. The Morgan fingerprint density at radius 1 is 0.862 bits per heavy atom. The summed E-state index contributed by atoms with van der Waals surface area (Å²) in [5.74, 6) is 0.413. The first-order valence-electron chi connectivity index (χ1n) is 10.0. The van der Waals surface area contributed by atoms with Crippen LogP contribution in [0.5, 0.6) is 0 Å². The molecular formula is C25H24O3S. The summed E-state index contributed by atoms with van der Waals surface area (Å²) < 4.78 is 31.3. The lowest BCUT2D eigenvalue weighted by molar-refractivity contribution is 0.113. The maximum absolute atomic E-state index is 12.8. The van der Waals surface area contributed by atoms with Crippen LogP contribution in [-0.4, -0.2) is 15.0 Å². The zero-order chi connectivity index (χ0) is 20.2. The Kier molecular flexibility index (Phi) is 4.19. The lowest BCUT2D eigenvalue weighted by Crippen LogP contribution is -2.42. The summed E-state index contributed by atoms with van der Waals surface area (Å²) in [6.07, 6.45) is 0.884. The second-order valence-electron chi connectivity index (χ2n) is 8.63. The van der Waals surface area contributed by atoms with Gasteiger partial charge in [-0.05, 0) is 47.7 Å². The molecule has 0 radical (unpaired) electrons. The van der Waals surface area contributed by atoms with Crippen LogP contribution in [0, 0.1) is 12.3 Å². The Labute approximate surface area is 172 Å². The second-order valence-corrected chi connectivity index (χ2v) is 10.2. The Morgan fingerprint density at radius 3 is 1.93 bits per heavy atom. The molecule has 1 unspecified atom stereocenters. The van der Waals surface area contributed by atoms with Gasteiger partial charge in [-0.25, -0.2) is 0 Å². The first kappa shape index (κ1) is 18.6. The van der Waals surface area contributed by atoms with Crippen LogP contribution in [-0.2, 0) is 14.3 Å². The fourth-order valence-electron chi connectivity index (χ4n) is 5.20. The summed E-state index contributed by atoms with van der Waals surface area (Å²) >= 11 is 0. The number of rotatable bonds is 4. The van der Waals surface area contributed by atoms with Crippen molar-refractivity contribution in [3.05, 3.63) is 101 Å². The molecule has 0 aliphatic heterocycles. The number of hydrogen-bond acceptors (Lipinski definition) is 3. The average Bonchev–Trinajstić information content (AvgIpc) is 2.73. The van der Waals surface area contributed by atoms with Crippen molar-refractivity contribution in [1.29, 1.82) is 0 Å². The molecule has 2 bridgehead atoms. The van der Waals surface area contributed by atoms with E-state index in [2.05, 4.69) is 55.5 Å². The molecule has 3 nitrogen and oxygen atoms in total. The lowest BCUT2D eigenvalue weighted by atomic mass is 9.53. The third-order valence-corrected chi connectivity index (χ3v) is 7.86. The number of fused-ring (bicyclic) bond motifs is 1. The van der Waals surface area contributed by atoms with Gasteiger partial charge in [-0.1, -0.05) is 73.2 Å². The van der Waals surface area contributed by atoms with E-state index in [1.807, 2.05) is 6.92 Å². The molecule has 29 heavy (non-hydrogen) atoms. The van der Waals surface area contributed by atoms with E-state index in [4.69, 9.17) is 4.18 Å². The van der Waals surface area contributed by atoms with Gasteiger partial charge in [0.1, 0.15) is 0 Å². The molecule has 1 atom stereocenters. The van der Waals surface area contributed by atoms with E-state index in [1.165, 1.54) is 22.3 Å². The van der Waals surface area contributed by atoms with Gasteiger partial charge in [0.15, 0.2) is 0 Å². The first-order valence-corrected chi connectivity index (χ1v) is 11.4. The molecule has 0 heterocycles. The summed E-state index contributed by atoms with van der Waals surface area (Å²) in [7, 11) is -3.79. The van der Waals surface area contributed by atoms with Crippen molar-refractivity contribution in [1.82, 2.24) is 0 Å². The van der Waals surface area contributed by atoms with E-state index >= 15 is 0 Å². The highest BCUT2D eigenvalue weighted by molar-refractivity contribution is 7.86.